The van der Waals surface area contributed by atoms with Crippen LogP contribution in [0.5, 0.6) is 0 Å². The second-order valence-corrected chi connectivity index (χ2v) is 9.92. The maximum Gasteiger partial charge on any atom is 0.264 e. The summed E-state index contributed by atoms with van der Waals surface area (Å²) in [5.74, 6) is -0.229. The first kappa shape index (κ1) is 20.6. The number of aryl methyl sites for hydroxylation is 1. The average molecular weight is 419 g/mol. The highest BCUT2D eigenvalue weighted by atomic mass is 32.2. The summed E-state index contributed by atoms with van der Waals surface area (Å²) in [6.07, 6.45) is 7.82. The van der Waals surface area contributed by atoms with E-state index < -0.39 is 10.0 Å². The smallest absolute Gasteiger partial charge is 0.264 e. The van der Waals surface area contributed by atoms with Gasteiger partial charge in [-0.2, -0.15) is 0 Å². The third-order valence-electron chi connectivity index (χ3n) is 4.99. The lowest BCUT2D eigenvalue weighted by Gasteiger charge is -2.20. The quantitative estimate of drug-likeness (QED) is 0.673. The molecular formula is C21H26N2O3S2. The molecule has 1 aromatic carbocycles. The summed E-state index contributed by atoms with van der Waals surface area (Å²) in [6, 6.07) is 8.38. The zero-order chi connectivity index (χ0) is 20.1. The average Bonchev–Trinajstić information content (AvgIpc) is 3.18. The third-order valence-corrected chi connectivity index (χ3v) is 7.67. The molecule has 28 heavy (non-hydrogen) atoms. The molecule has 1 amide bonds. The van der Waals surface area contributed by atoms with Crippen LogP contribution >= 0.6 is 11.3 Å². The minimum absolute atomic E-state index is 0.211. The fourth-order valence-electron chi connectivity index (χ4n) is 3.27. The van der Waals surface area contributed by atoms with Crippen LogP contribution in [-0.2, 0) is 10.0 Å². The number of sulfonamides is 1. The molecule has 2 aromatic rings. The Kier molecular flexibility index (Phi) is 6.57. The van der Waals surface area contributed by atoms with E-state index in [-0.39, 0.29) is 10.8 Å². The lowest BCUT2D eigenvalue weighted by molar-refractivity contribution is 0.0958. The third kappa shape index (κ3) is 4.64. The van der Waals surface area contributed by atoms with Gasteiger partial charge in [-0.3, -0.25) is 9.10 Å². The Balaban J connectivity index is 1.70. The number of thiophene rings is 1. The van der Waals surface area contributed by atoms with Gasteiger partial charge in [0, 0.05) is 13.6 Å². The summed E-state index contributed by atoms with van der Waals surface area (Å²) in [6.45, 7) is 2.47. The molecule has 0 saturated heterocycles. The first-order valence-corrected chi connectivity index (χ1v) is 11.8. The van der Waals surface area contributed by atoms with E-state index in [2.05, 4.69) is 11.4 Å². The number of nitrogens with one attached hydrogen (secondary N) is 1. The van der Waals surface area contributed by atoms with Crippen LogP contribution in [0.4, 0.5) is 5.69 Å². The first-order chi connectivity index (χ1) is 13.4. The van der Waals surface area contributed by atoms with Crippen LogP contribution in [0.25, 0.3) is 0 Å². The topological polar surface area (TPSA) is 66.5 Å². The summed E-state index contributed by atoms with van der Waals surface area (Å²) < 4.78 is 27.0. The van der Waals surface area contributed by atoms with Crippen molar-refractivity contribution < 1.29 is 13.2 Å². The van der Waals surface area contributed by atoms with Crippen LogP contribution in [0, 0.1) is 6.92 Å². The zero-order valence-corrected chi connectivity index (χ0v) is 17.9. The standard InChI is InChI=1S/C21H26N2O3S2/c1-16-8-10-18(11-9-16)28(25,26)23(2)19-13-15-27-20(19)21(24)22-14-12-17-6-4-3-5-7-17/h6,8-11,13,15H,3-5,7,12,14H2,1-2H3,(H,22,24). The van der Waals surface area contributed by atoms with Crippen LogP contribution in [0.1, 0.15) is 47.3 Å². The van der Waals surface area contributed by atoms with Gasteiger partial charge < -0.3 is 5.32 Å². The molecule has 0 bridgehead atoms. The van der Waals surface area contributed by atoms with E-state index in [0.717, 1.165) is 24.8 Å². The van der Waals surface area contributed by atoms with Crippen molar-refractivity contribution in [1.29, 1.82) is 0 Å². The van der Waals surface area contributed by atoms with Crippen LogP contribution in [0.15, 0.2) is 52.3 Å². The van der Waals surface area contributed by atoms with Gasteiger partial charge in [0.05, 0.1) is 10.6 Å². The van der Waals surface area contributed by atoms with Crippen LogP contribution in [-0.4, -0.2) is 27.9 Å². The highest BCUT2D eigenvalue weighted by Crippen LogP contribution is 2.30. The number of carbonyl (C=O) groups excluding carboxylic acids is 1. The van der Waals surface area contributed by atoms with Gasteiger partial charge in [-0.1, -0.05) is 29.3 Å². The minimum Gasteiger partial charge on any atom is -0.351 e. The molecule has 150 valence electrons. The monoisotopic (exact) mass is 418 g/mol. The normalized spacial score (nSPS) is 14.4. The Morgan fingerprint density at radius 2 is 1.93 bits per heavy atom. The molecular weight excluding hydrogens is 392 g/mol. The maximum atomic E-state index is 12.9. The van der Waals surface area contributed by atoms with Crippen molar-refractivity contribution in [3.63, 3.8) is 0 Å². The number of carbonyl (C=O) groups is 1. The second kappa shape index (κ2) is 8.92. The molecule has 0 aliphatic heterocycles. The van der Waals surface area contributed by atoms with Gasteiger partial charge in [0.25, 0.3) is 15.9 Å². The molecule has 0 fully saturated rings. The number of anilines is 1. The van der Waals surface area contributed by atoms with Crippen LogP contribution in [0.3, 0.4) is 0 Å². The van der Waals surface area contributed by atoms with E-state index in [1.165, 1.54) is 41.1 Å². The van der Waals surface area contributed by atoms with Gasteiger partial charge in [-0.15, -0.1) is 11.3 Å². The predicted molar refractivity (Wildman–Crippen MR) is 115 cm³/mol. The minimum atomic E-state index is -3.72. The van der Waals surface area contributed by atoms with Crippen molar-refractivity contribution in [3.05, 3.63) is 57.8 Å². The molecule has 3 rings (SSSR count). The summed E-state index contributed by atoms with van der Waals surface area (Å²) >= 11 is 1.25. The molecule has 1 aliphatic carbocycles. The first-order valence-electron chi connectivity index (χ1n) is 9.49. The van der Waals surface area contributed by atoms with E-state index in [1.54, 1.807) is 35.7 Å². The van der Waals surface area contributed by atoms with Crippen molar-refractivity contribution in [1.82, 2.24) is 5.32 Å². The summed E-state index contributed by atoms with van der Waals surface area (Å²) in [5.41, 5.74) is 2.79. The van der Waals surface area contributed by atoms with Crippen molar-refractivity contribution in [3.8, 4) is 0 Å². The highest BCUT2D eigenvalue weighted by molar-refractivity contribution is 7.92. The Hall–Kier alpha value is -2.12. The van der Waals surface area contributed by atoms with Crippen molar-refractivity contribution in [2.45, 2.75) is 43.9 Å². The Bertz CT molecular complexity index is 960. The SMILES string of the molecule is Cc1ccc(S(=O)(=O)N(C)c2ccsc2C(=O)NCCC2=CCCCC2)cc1. The van der Waals surface area contributed by atoms with Gasteiger partial charge in [-0.05, 0) is 62.6 Å². The number of benzene rings is 1. The molecule has 0 saturated carbocycles. The molecule has 1 aromatic heterocycles. The van der Waals surface area contributed by atoms with Crippen molar-refractivity contribution in [2.24, 2.45) is 0 Å². The van der Waals surface area contributed by atoms with Gasteiger partial charge in [-0.25, -0.2) is 8.42 Å². The van der Waals surface area contributed by atoms with Crippen LogP contribution in [0.2, 0.25) is 0 Å². The fraction of sp³-hybridized carbons (Fsp3) is 0.381. The largest absolute Gasteiger partial charge is 0.351 e. The number of rotatable bonds is 7. The molecule has 0 radical (unpaired) electrons. The van der Waals surface area contributed by atoms with E-state index >= 15 is 0 Å². The van der Waals surface area contributed by atoms with E-state index in [0.29, 0.717) is 17.1 Å². The lowest BCUT2D eigenvalue weighted by atomic mass is 9.97. The number of amides is 1. The van der Waals surface area contributed by atoms with Crippen molar-refractivity contribution in [2.75, 3.05) is 17.9 Å². The Morgan fingerprint density at radius 3 is 2.61 bits per heavy atom. The van der Waals surface area contributed by atoms with Gasteiger partial charge in [0.2, 0.25) is 0 Å². The number of nitrogens with zero attached hydrogens (tertiary/aromatic N) is 1. The molecule has 0 atom stereocenters. The van der Waals surface area contributed by atoms with E-state index in [1.807, 2.05) is 6.92 Å². The summed E-state index contributed by atoms with van der Waals surface area (Å²) in [4.78, 5) is 13.3. The lowest BCUT2D eigenvalue weighted by Crippen LogP contribution is -2.30. The highest BCUT2D eigenvalue weighted by Gasteiger charge is 2.26. The molecule has 5 nitrogen and oxygen atoms in total. The molecule has 1 heterocycles. The van der Waals surface area contributed by atoms with Crippen LogP contribution < -0.4 is 9.62 Å². The molecule has 1 aliphatic rings. The van der Waals surface area contributed by atoms with Crippen molar-refractivity contribution >= 4 is 33.0 Å². The van der Waals surface area contributed by atoms with Gasteiger partial charge in [0.15, 0.2) is 0 Å². The fourth-order valence-corrected chi connectivity index (χ4v) is 5.37. The van der Waals surface area contributed by atoms with E-state index in [9.17, 15) is 13.2 Å². The van der Waals surface area contributed by atoms with Gasteiger partial charge >= 0.3 is 0 Å². The Labute approximate surface area is 171 Å². The van der Waals surface area contributed by atoms with Gasteiger partial charge in [0.1, 0.15) is 4.88 Å². The second-order valence-electron chi connectivity index (χ2n) is 7.03. The molecule has 1 N–H and O–H groups in total. The maximum absolute atomic E-state index is 12.9. The number of hydrogen-bond donors (Lipinski definition) is 1. The predicted octanol–water partition coefficient (Wildman–Crippen LogP) is 4.50. The summed E-state index contributed by atoms with van der Waals surface area (Å²) in [5, 5.41) is 4.68. The Morgan fingerprint density at radius 1 is 1.18 bits per heavy atom. The van der Waals surface area contributed by atoms with E-state index in [4.69, 9.17) is 0 Å². The summed E-state index contributed by atoms with van der Waals surface area (Å²) in [7, 11) is -2.23. The molecule has 7 heteroatoms. The zero-order valence-electron chi connectivity index (χ0n) is 16.3. The number of allylic oxidation sites excluding steroid dienone is 1. The molecule has 0 spiro atoms. The molecule has 0 unspecified atom stereocenters. The number of hydrogen-bond acceptors (Lipinski definition) is 4.